The normalized spacial score (nSPS) is 22.4. The third kappa shape index (κ3) is 4.06. The van der Waals surface area contributed by atoms with E-state index in [1.807, 2.05) is 0 Å². The van der Waals surface area contributed by atoms with Gasteiger partial charge in [0.1, 0.15) is 6.61 Å². The summed E-state index contributed by atoms with van der Waals surface area (Å²) in [5.74, 6) is -1.93. The van der Waals surface area contributed by atoms with Crippen LogP contribution in [-0.4, -0.2) is 41.3 Å². The van der Waals surface area contributed by atoms with Crippen molar-refractivity contribution < 1.29 is 54.2 Å². The van der Waals surface area contributed by atoms with Crippen molar-refractivity contribution >= 4 is 11.9 Å². The van der Waals surface area contributed by atoms with Gasteiger partial charge in [-0.25, -0.2) is 5.06 Å². The van der Waals surface area contributed by atoms with Gasteiger partial charge in [-0.15, -0.1) is 0 Å². The van der Waals surface area contributed by atoms with Crippen LogP contribution in [0.4, 0.5) is 0 Å². The molecule has 1 amide bonds. The molecule has 0 radical (unpaired) electrons. The Morgan fingerprint density at radius 2 is 2.38 bits per heavy atom. The van der Waals surface area contributed by atoms with E-state index in [0.29, 0.717) is 5.06 Å². The van der Waals surface area contributed by atoms with E-state index in [1.54, 1.807) is 0 Å². The molecule has 0 aromatic carbocycles. The average Bonchev–Trinajstić information content (AvgIpc) is 1.94. The predicted molar refractivity (Wildman–Crippen MR) is 33.3 cm³/mol. The molecule has 68 valence electrons. The minimum absolute atomic E-state index is 0. The summed E-state index contributed by atoms with van der Waals surface area (Å²) >= 11 is 0. The Labute approximate surface area is 96.7 Å². The van der Waals surface area contributed by atoms with E-state index < -0.39 is 24.5 Å². The molecule has 1 heterocycles. The Morgan fingerprint density at radius 3 is 2.85 bits per heavy atom. The van der Waals surface area contributed by atoms with Crippen molar-refractivity contribution in [3.8, 4) is 0 Å². The van der Waals surface area contributed by atoms with Crippen LogP contribution in [0.25, 0.3) is 0 Å². The van der Waals surface area contributed by atoms with Crippen molar-refractivity contribution in [3.63, 3.8) is 0 Å². The van der Waals surface area contributed by atoms with Crippen molar-refractivity contribution in [2.75, 3.05) is 13.2 Å². The maximum atomic E-state index is 10.9. The molecule has 1 rings (SSSR count). The molecule has 13 heavy (non-hydrogen) atoms. The van der Waals surface area contributed by atoms with E-state index in [9.17, 15) is 14.7 Å². The van der Waals surface area contributed by atoms with Crippen LogP contribution in [0.2, 0.25) is 0 Å². The fourth-order valence-electron chi connectivity index (χ4n) is 0.861. The van der Waals surface area contributed by atoms with Gasteiger partial charge in [0.2, 0.25) is 5.91 Å². The zero-order valence-corrected chi connectivity index (χ0v) is 9.23. The first-order valence-electron chi connectivity index (χ1n) is 3.41. The molecular weight excluding hydrogens is 189 g/mol. The molecule has 0 aliphatic carbocycles. The number of aliphatic carboxylic acids is 1. The summed E-state index contributed by atoms with van der Waals surface area (Å²) in [6, 6.07) is 0. The summed E-state index contributed by atoms with van der Waals surface area (Å²) in [6.45, 7) is -0.648. The number of carboxylic acids is 1. The number of carbonyl (C=O) groups is 2. The van der Waals surface area contributed by atoms with E-state index >= 15 is 0 Å². The molecule has 0 saturated carbocycles. The number of aliphatic hydroxyl groups excluding tert-OH is 1. The zero-order chi connectivity index (χ0) is 9.14. The van der Waals surface area contributed by atoms with E-state index in [4.69, 9.17) is 5.11 Å². The van der Waals surface area contributed by atoms with Crippen LogP contribution in [0.3, 0.4) is 0 Å². The number of hydrogen-bond acceptors (Lipinski definition) is 5. The maximum absolute atomic E-state index is 10.9. The Balaban J connectivity index is 0.00000144. The summed E-state index contributed by atoms with van der Waals surface area (Å²) in [7, 11) is 0. The molecular formula is C6H8NNaO5. The molecule has 1 N–H and O–H groups in total. The molecule has 1 aliphatic rings. The monoisotopic (exact) mass is 197 g/mol. The number of carboxylic acid groups (broad SMARTS) is 1. The second-order valence-corrected chi connectivity index (χ2v) is 2.46. The van der Waals surface area contributed by atoms with Crippen LogP contribution in [-0.2, 0) is 14.4 Å². The molecule has 0 aromatic rings. The summed E-state index contributed by atoms with van der Waals surface area (Å²) in [4.78, 5) is 25.6. The van der Waals surface area contributed by atoms with Gasteiger partial charge < -0.3 is 15.0 Å². The first kappa shape index (κ1) is 12.9. The average molecular weight is 197 g/mol. The minimum atomic E-state index is -1.39. The Bertz CT molecular complexity index is 209. The van der Waals surface area contributed by atoms with Gasteiger partial charge in [0, 0.05) is 0 Å². The van der Waals surface area contributed by atoms with Crippen LogP contribution in [0.15, 0.2) is 0 Å². The number of aliphatic hydroxyl groups is 1. The molecule has 0 bridgehead atoms. The summed E-state index contributed by atoms with van der Waals surface area (Å²) in [5.41, 5.74) is 0. The molecule has 6 nitrogen and oxygen atoms in total. The van der Waals surface area contributed by atoms with Crippen molar-refractivity contribution in [3.05, 3.63) is 0 Å². The summed E-state index contributed by atoms with van der Waals surface area (Å²) < 4.78 is 0. The largest absolute Gasteiger partial charge is 1.00 e. The first-order valence-corrected chi connectivity index (χ1v) is 3.41. The van der Waals surface area contributed by atoms with Crippen LogP contribution >= 0.6 is 0 Å². The second-order valence-electron chi connectivity index (χ2n) is 2.46. The smallest absolute Gasteiger partial charge is 0.548 e. The maximum Gasteiger partial charge on any atom is 1.00 e. The zero-order valence-electron chi connectivity index (χ0n) is 7.23. The third-order valence-corrected chi connectivity index (χ3v) is 1.38. The summed E-state index contributed by atoms with van der Waals surface area (Å²) in [5, 5.41) is 19.6. The number of carbonyl (C=O) groups excluding carboxylic acids is 2. The third-order valence-electron chi connectivity index (χ3n) is 1.38. The second kappa shape index (κ2) is 5.56. The number of amides is 1. The van der Waals surface area contributed by atoms with Crippen LogP contribution < -0.4 is 34.7 Å². The first-order chi connectivity index (χ1) is 5.59. The molecule has 0 spiro atoms. The molecule has 1 unspecified atom stereocenters. The summed E-state index contributed by atoms with van der Waals surface area (Å²) in [6.07, 6.45) is -0.941. The van der Waals surface area contributed by atoms with Crippen molar-refractivity contribution in [2.45, 2.75) is 12.5 Å². The number of hydroxylamine groups is 2. The number of hydrogen-bond donors (Lipinski definition) is 1. The Hall–Kier alpha value is -0.140. The molecule has 0 aromatic heterocycles. The Morgan fingerprint density at radius 1 is 1.77 bits per heavy atom. The molecule has 7 heteroatoms. The van der Waals surface area contributed by atoms with Gasteiger partial charge in [-0.2, -0.15) is 0 Å². The van der Waals surface area contributed by atoms with Gasteiger partial charge in [0.15, 0.2) is 0 Å². The van der Waals surface area contributed by atoms with E-state index in [2.05, 4.69) is 4.84 Å². The molecule has 1 saturated heterocycles. The molecule has 1 atom stereocenters. The quantitative estimate of drug-likeness (QED) is 0.445. The van der Waals surface area contributed by atoms with Gasteiger partial charge in [0.05, 0.1) is 25.0 Å². The van der Waals surface area contributed by atoms with E-state index in [0.717, 1.165) is 0 Å². The van der Waals surface area contributed by atoms with Gasteiger partial charge >= 0.3 is 29.6 Å². The molecule has 1 fully saturated rings. The van der Waals surface area contributed by atoms with Crippen LogP contribution in [0, 0.1) is 0 Å². The SMILES string of the molecule is O=C([O-])CN1OCC(O)CC1=O.[Na+]. The van der Waals surface area contributed by atoms with Gasteiger partial charge in [0.25, 0.3) is 0 Å². The van der Waals surface area contributed by atoms with Gasteiger partial charge in [-0.1, -0.05) is 0 Å². The van der Waals surface area contributed by atoms with Crippen LogP contribution in [0.5, 0.6) is 0 Å². The fourth-order valence-corrected chi connectivity index (χ4v) is 0.861. The van der Waals surface area contributed by atoms with Gasteiger partial charge in [-0.3, -0.25) is 9.63 Å². The topological polar surface area (TPSA) is 89.9 Å². The van der Waals surface area contributed by atoms with E-state index in [1.165, 1.54) is 0 Å². The fraction of sp³-hybridized carbons (Fsp3) is 0.667. The van der Waals surface area contributed by atoms with E-state index in [-0.39, 0.29) is 42.6 Å². The van der Waals surface area contributed by atoms with Crippen molar-refractivity contribution in [1.82, 2.24) is 5.06 Å². The number of rotatable bonds is 2. The van der Waals surface area contributed by atoms with Crippen molar-refractivity contribution in [2.24, 2.45) is 0 Å². The predicted octanol–water partition coefficient (Wildman–Crippen LogP) is -5.73. The minimum Gasteiger partial charge on any atom is -0.548 e. The van der Waals surface area contributed by atoms with Crippen molar-refractivity contribution in [1.29, 1.82) is 0 Å². The van der Waals surface area contributed by atoms with Crippen LogP contribution in [0.1, 0.15) is 6.42 Å². The molecule has 1 aliphatic heterocycles. The standard InChI is InChI=1S/C6H9NO5.Na/c8-4-1-5(9)7(12-3-4)2-6(10)11;/h4,8H,1-3H2,(H,10,11);/q;+1/p-1. The van der Waals surface area contributed by atoms with Gasteiger partial charge in [-0.05, 0) is 0 Å². The number of nitrogens with zero attached hydrogens (tertiary/aromatic N) is 1. The Kier molecular flexibility index (Phi) is 5.50.